The van der Waals surface area contributed by atoms with Crippen LogP contribution in [-0.2, 0) is 0 Å². The van der Waals surface area contributed by atoms with Gasteiger partial charge in [-0.1, -0.05) is 6.92 Å². The average Bonchev–Trinajstić information content (AvgIpc) is 2.28. The molecule has 2 rings (SSSR count). The quantitative estimate of drug-likeness (QED) is 0.733. The monoisotopic (exact) mass is 221 g/mol. The molecular weight excluding hydrogens is 202 g/mol. The summed E-state index contributed by atoms with van der Waals surface area (Å²) >= 11 is 0. The summed E-state index contributed by atoms with van der Waals surface area (Å²) in [6.45, 7) is 11.4. The maximum Gasteiger partial charge on any atom is 0.228 e. The summed E-state index contributed by atoms with van der Waals surface area (Å²) in [6, 6.07) is 0. The summed E-state index contributed by atoms with van der Waals surface area (Å²) in [7, 11) is 0. The van der Waals surface area contributed by atoms with Crippen LogP contribution in [0.3, 0.4) is 0 Å². The predicted octanol–water partition coefficient (Wildman–Crippen LogP) is 0.630. The van der Waals surface area contributed by atoms with Crippen LogP contribution in [0.15, 0.2) is 0 Å². The van der Waals surface area contributed by atoms with Gasteiger partial charge in [0.15, 0.2) is 0 Å². The van der Waals surface area contributed by atoms with Crippen molar-refractivity contribution in [3.8, 4) is 0 Å². The minimum Gasteiger partial charge on any atom is -0.338 e. The molecule has 1 fully saturated rings. The highest BCUT2D eigenvalue weighted by atomic mass is 15.3. The minimum absolute atomic E-state index is 0.806. The number of aromatic nitrogens is 3. The van der Waals surface area contributed by atoms with Crippen molar-refractivity contribution in [3.63, 3.8) is 0 Å². The molecule has 88 valence electrons. The molecule has 1 saturated heterocycles. The highest BCUT2D eigenvalue weighted by Crippen LogP contribution is 2.10. The Hall–Kier alpha value is -1.23. The predicted molar refractivity (Wildman–Crippen MR) is 63.6 cm³/mol. The lowest BCUT2D eigenvalue weighted by molar-refractivity contribution is 0.269. The molecule has 0 aromatic carbocycles. The number of hydrogen-bond donors (Lipinski definition) is 0. The van der Waals surface area contributed by atoms with Gasteiger partial charge in [0, 0.05) is 26.2 Å². The van der Waals surface area contributed by atoms with Gasteiger partial charge in [-0.3, -0.25) is 0 Å². The lowest BCUT2D eigenvalue weighted by Crippen LogP contribution is -2.46. The molecule has 0 N–H and O–H groups in total. The Kier molecular flexibility index (Phi) is 3.33. The number of nitrogens with zero attached hydrogens (tertiary/aromatic N) is 5. The minimum atomic E-state index is 0.806. The lowest BCUT2D eigenvalue weighted by Gasteiger charge is -2.34. The van der Waals surface area contributed by atoms with E-state index in [1.807, 2.05) is 13.8 Å². The van der Waals surface area contributed by atoms with Crippen LogP contribution in [0, 0.1) is 13.8 Å². The molecule has 2 heterocycles. The van der Waals surface area contributed by atoms with Crippen molar-refractivity contribution >= 4 is 5.95 Å². The highest BCUT2D eigenvalue weighted by molar-refractivity contribution is 5.30. The first-order chi connectivity index (χ1) is 7.69. The van der Waals surface area contributed by atoms with Crippen LogP contribution >= 0.6 is 0 Å². The number of anilines is 1. The standard InChI is InChI=1S/C11H19N5/c1-4-15-5-7-16(8-6-15)11-13-9(2)12-10(3)14-11/h4-8H2,1-3H3. The molecule has 0 atom stereocenters. The van der Waals surface area contributed by atoms with Crippen LogP contribution in [0.2, 0.25) is 0 Å². The Morgan fingerprint density at radius 2 is 1.50 bits per heavy atom. The first-order valence-corrected chi connectivity index (χ1v) is 5.85. The van der Waals surface area contributed by atoms with Gasteiger partial charge in [0.05, 0.1) is 0 Å². The van der Waals surface area contributed by atoms with Crippen LogP contribution in [0.25, 0.3) is 0 Å². The Bertz CT molecular complexity index is 337. The highest BCUT2D eigenvalue weighted by Gasteiger charge is 2.18. The van der Waals surface area contributed by atoms with Crippen LogP contribution in [0.4, 0.5) is 5.95 Å². The second kappa shape index (κ2) is 4.74. The van der Waals surface area contributed by atoms with E-state index >= 15 is 0 Å². The summed E-state index contributed by atoms with van der Waals surface area (Å²) in [6.07, 6.45) is 0. The van der Waals surface area contributed by atoms with Crippen molar-refractivity contribution in [2.75, 3.05) is 37.6 Å². The third-order valence-corrected chi connectivity index (χ3v) is 2.95. The molecule has 1 aliphatic rings. The van der Waals surface area contributed by atoms with Gasteiger partial charge in [-0.15, -0.1) is 0 Å². The van der Waals surface area contributed by atoms with Crippen molar-refractivity contribution in [3.05, 3.63) is 11.6 Å². The first kappa shape index (κ1) is 11.3. The van der Waals surface area contributed by atoms with E-state index in [0.717, 1.165) is 50.3 Å². The molecule has 0 unspecified atom stereocenters. The van der Waals surface area contributed by atoms with E-state index in [1.165, 1.54) is 0 Å². The molecule has 0 amide bonds. The van der Waals surface area contributed by atoms with Gasteiger partial charge in [-0.05, 0) is 20.4 Å². The second-order valence-electron chi connectivity index (χ2n) is 4.15. The number of likely N-dealkylation sites (N-methyl/N-ethyl adjacent to an activating group) is 1. The lowest BCUT2D eigenvalue weighted by atomic mass is 10.3. The SMILES string of the molecule is CCN1CCN(c2nc(C)nc(C)n2)CC1. The Morgan fingerprint density at radius 1 is 0.938 bits per heavy atom. The van der Waals surface area contributed by atoms with E-state index in [1.54, 1.807) is 0 Å². The van der Waals surface area contributed by atoms with Crippen LogP contribution < -0.4 is 4.90 Å². The topological polar surface area (TPSA) is 45.2 Å². The Balaban J connectivity index is 2.08. The summed E-state index contributed by atoms with van der Waals surface area (Å²) in [5, 5.41) is 0. The van der Waals surface area contributed by atoms with Crippen LogP contribution in [0.5, 0.6) is 0 Å². The fourth-order valence-corrected chi connectivity index (χ4v) is 2.00. The van der Waals surface area contributed by atoms with E-state index < -0.39 is 0 Å². The van der Waals surface area contributed by atoms with E-state index in [4.69, 9.17) is 0 Å². The first-order valence-electron chi connectivity index (χ1n) is 5.85. The summed E-state index contributed by atoms with van der Waals surface area (Å²) in [5.41, 5.74) is 0. The molecule has 0 saturated carbocycles. The summed E-state index contributed by atoms with van der Waals surface area (Å²) in [5.74, 6) is 2.45. The average molecular weight is 221 g/mol. The molecule has 1 aliphatic heterocycles. The summed E-state index contributed by atoms with van der Waals surface area (Å²) in [4.78, 5) is 17.7. The van der Waals surface area contributed by atoms with Crippen molar-refractivity contribution in [2.24, 2.45) is 0 Å². The molecule has 0 radical (unpaired) electrons. The Morgan fingerprint density at radius 3 is 2.00 bits per heavy atom. The second-order valence-corrected chi connectivity index (χ2v) is 4.15. The molecule has 0 aliphatic carbocycles. The van der Waals surface area contributed by atoms with Gasteiger partial charge < -0.3 is 9.80 Å². The smallest absolute Gasteiger partial charge is 0.228 e. The summed E-state index contributed by atoms with van der Waals surface area (Å²) < 4.78 is 0. The zero-order valence-electron chi connectivity index (χ0n) is 10.3. The third-order valence-electron chi connectivity index (χ3n) is 2.95. The van der Waals surface area contributed by atoms with Gasteiger partial charge in [-0.2, -0.15) is 9.97 Å². The van der Waals surface area contributed by atoms with Gasteiger partial charge >= 0.3 is 0 Å². The van der Waals surface area contributed by atoms with Gasteiger partial charge in [0.25, 0.3) is 0 Å². The van der Waals surface area contributed by atoms with Crippen molar-refractivity contribution < 1.29 is 0 Å². The van der Waals surface area contributed by atoms with E-state index in [2.05, 4.69) is 31.7 Å². The van der Waals surface area contributed by atoms with Crippen LogP contribution in [-0.4, -0.2) is 52.6 Å². The van der Waals surface area contributed by atoms with Crippen molar-refractivity contribution in [2.45, 2.75) is 20.8 Å². The normalized spacial score (nSPS) is 17.8. The van der Waals surface area contributed by atoms with Crippen molar-refractivity contribution in [1.29, 1.82) is 0 Å². The molecule has 0 spiro atoms. The molecule has 5 nitrogen and oxygen atoms in total. The van der Waals surface area contributed by atoms with Gasteiger partial charge in [0.2, 0.25) is 5.95 Å². The molecule has 1 aromatic heterocycles. The van der Waals surface area contributed by atoms with Crippen LogP contribution in [0.1, 0.15) is 18.6 Å². The molecule has 5 heteroatoms. The fraction of sp³-hybridized carbons (Fsp3) is 0.727. The largest absolute Gasteiger partial charge is 0.338 e. The fourth-order valence-electron chi connectivity index (χ4n) is 2.00. The van der Waals surface area contributed by atoms with E-state index in [-0.39, 0.29) is 0 Å². The Labute approximate surface area is 96.5 Å². The van der Waals surface area contributed by atoms with Crippen molar-refractivity contribution in [1.82, 2.24) is 19.9 Å². The van der Waals surface area contributed by atoms with E-state index in [9.17, 15) is 0 Å². The number of piperazine rings is 1. The molecular formula is C11H19N5. The number of aryl methyl sites for hydroxylation is 2. The number of hydrogen-bond acceptors (Lipinski definition) is 5. The third kappa shape index (κ3) is 2.47. The van der Waals surface area contributed by atoms with Gasteiger partial charge in [-0.25, -0.2) is 4.98 Å². The molecule has 1 aromatic rings. The molecule has 16 heavy (non-hydrogen) atoms. The maximum absolute atomic E-state index is 4.39. The zero-order chi connectivity index (χ0) is 11.5. The van der Waals surface area contributed by atoms with E-state index in [0.29, 0.717) is 0 Å². The zero-order valence-corrected chi connectivity index (χ0v) is 10.3. The molecule has 0 bridgehead atoms. The number of rotatable bonds is 2. The van der Waals surface area contributed by atoms with Gasteiger partial charge in [0.1, 0.15) is 11.6 Å². The maximum atomic E-state index is 4.39.